The molecule has 0 amide bonds. The van der Waals surface area contributed by atoms with E-state index in [1.165, 1.54) is 19.3 Å². The molecule has 1 aromatic heterocycles. The van der Waals surface area contributed by atoms with E-state index in [2.05, 4.69) is 0 Å². The van der Waals surface area contributed by atoms with Gasteiger partial charge in [-0.05, 0) is 80.6 Å². The van der Waals surface area contributed by atoms with Gasteiger partial charge in [-0.1, -0.05) is 12.2 Å². The molecule has 1 heterocycles. The van der Waals surface area contributed by atoms with Gasteiger partial charge in [0.2, 0.25) is 0 Å². The molecule has 5 rings (SSSR count). The lowest BCUT2D eigenvalue weighted by Gasteiger charge is -2.55. The van der Waals surface area contributed by atoms with Gasteiger partial charge in [0.1, 0.15) is 5.76 Å². The van der Waals surface area contributed by atoms with E-state index in [0.717, 1.165) is 42.8 Å². The van der Waals surface area contributed by atoms with E-state index in [0.29, 0.717) is 5.78 Å². The van der Waals surface area contributed by atoms with Gasteiger partial charge in [0.05, 0.1) is 6.26 Å². The van der Waals surface area contributed by atoms with E-state index in [1.807, 2.05) is 30.4 Å². The molecule has 0 saturated heterocycles. The highest BCUT2D eigenvalue weighted by Gasteiger charge is 2.53. The number of hydrogen-bond acceptors (Lipinski definition) is 2. The topological polar surface area (TPSA) is 30.2 Å². The first-order chi connectivity index (χ1) is 10.2. The van der Waals surface area contributed by atoms with Crippen LogP contribution in [0.4, 0.5) is 0 Å². The van der Waals surface area contributed by atoms with Gasteiger partial charge in [0.15, 0.2) is 5.78 Å². The third-order valence-electron chi connectivity index (χ3n) is 5.72. The summed E-state index contributed by atoms with van der Waals surface area (Å²) in [7, 11) is 0. The zero-order valence-corrected chi connectivity index (χ0v) is 12.3. The van der Waals surface area contributed by atoms with Gasteiger partial charge >= 0.3 is 0 Å². The summed E-state index contributed by atoms with van der Waals surface area (Å²) in [6.45, 7) is 0. The van der Waals surface area contributed by atoms with Crippen molar-refractivity contribution in [2.45, 2.75) is 38.5 Å². The Kier molecular flexibility index (Phi) is 3.13. The molecule has 1 aromatic rings. The largest absolute Gasteiger partial charge is 0.465 e. The maximum Gasteiger partial charge on any atom is 0.161 e. The summed E-state index contributed by atoms with van der Waals surface area (Å²) in [5.74, 6) is 3.67. The Labute approximate surface area is 125 Å². The number of ketones is 1. The van der Waals surface area contributed by atoms with Crippen LogP contribution in [0.5, 0.6) is 0 Å². The maximum absolute atomic E-state index is 12.7. The second-order valence-corrected chi connectivity index (χ2v) is 7.30. The number of furan rings is 1. The van der Waals surface area contributed by atoms with Crippen LogP contribution in [0.15, 0.2) is 41.0 Å². The fraction of sp³-hybridized carbons (Fsp3) is 0.526. The molecule has 0 aromatic carbocycles. The van der Waals surface area contributed by atoms with E-state index in [9.17, 15) is 4.79 Å². The zero-order chi connectivity index (χ0) is 14.3. The zero-order valence-electron chi connectivity index (χ0n) is 12.3. The summed E-state index contributed by atoms with van der Waals surface area (Å²) < 4.78 is 5.24. The normalized spacial score (nSPS) is 37.8. The van der Waals surface area contributed by atoms with Crippen molar-refractivity contribution in [1.82, 2.24) is 0 Å². The Balaban J connectivity index is 1.45. The van der Waals surface area contributed by atoms with Crippen LogP contribution in [0.3, 0.4) is 0 Å². The summed E-state index contributed by atoms with van der Waals surface area (Å²) in [6.07, 6.45) is 16.7. The first-order valence-corrected chi connectivity index (χ1v) is 8.16. The van der Waals surface area contributed by atoms with Crippen LogP contribution in [-0.2, 0) is 4.79 Å². The molecule has 0 spiro atoms. The molecular formula is C19H22O2. The lowest BCUT2D eigenvalue weighted by Crippen LogP contribution is -2.49. The predicted octanol–water partition coefficient (Wildman–Crippen LogP) is 4.63. The monoisotopic (exact) mass is 282 g/mol. The highest BCUT2D eigenvalue weighted by atomic mass is 16.3. The smallest absolute Gasteiger partial charge is 0.161 e. The van der Waals surface area contributed by atoms with Gasteiger partial charge in [-0.15, -0.1) is 0 Å². The van der Waals surface area contributed by atoms with Crippen molar-refractivity contribution in [3.8, 4) is 0 Å². The molecule has 0 N–H and O–H groups in total. The van der Waals surface area contributed by atoms with Crippen molar-refractivity contribution in [1.29, 1.82) is 0 Å². The number of carbonyl (C=O) groups is 1. The predicted molar refractivity (Wildman–Crippen MR) is 82.5 cm³/mol. The molecule has 2 heteroatoms. The third kappa shape index (κ3) is 2.41. The van der Waals surface area contributed by atoms with Crippen molar-refractivity contribution in [2.24, 2.45) is 23.2 Å². The van der Waals surface area contributed by atoms with E-state index in [4.69, 9.17) is 4.42 Å². The summed E-state index contributed by atoms with van der Waals surface area (Å²) in [5, 5.41) is 0. The minimum absolute atomic E-state index is 0.0101. The molecule has 0 radical (unpaired) electrons. The highest BCUT2D eigenvalue weighted by Crippen LogP contribution is 2.60. The average molecular weight is 282 g/mol. The summed E-state index contributed by atoms with van der Waals surface area (Å²) in [5.41, 5.74) is -0.0101. The van der Waals surface area contributed by atoms with E-state index < -0.39 is 0 Å². The van der Waals surface area contributed by atoms with E-state index in [1.54, 1.807) is 12.3 Å². The van der Waals surface area contributed by atoms with E-state index >= 15 is 0 Å². The first kappa shape index (κ1) is 13.1. The number of allylic oxidation sites excluding steroid dienone is 3. The van der Waals surface area contributed by atoms with Crippen LogP contribution in [-0.4, -0.2) is 5.78 Å². The van der Waals surface area contributed by atoms with Crippen molar-refractivity contribution in [3.63, 3.8) is 0 Å². The number of carbonyl (C=O) groups excluding carboxylic acids is 1. The van der Waals surface area contributed by atoms with Gasteiger partial charge < -0.3 is 4.42 Å². The number of hydrogen-bond donors (Lipinski definition) is 0. The molecule has 110 valence electrons. The maximum atomic E-state index is 12.7. The second-order valence-electron chi connectivity index (χ2n) is 7.30. The Hall–Kier alpha value is -1.57. The minimum Gasteiger partial charge on any atom is -0.465 e. The highest BCUT2D eigenvalue weighted by molar-refractivity contribution is 5.95. The quantitative estimate of drug-likeness (QED) is 0.595. The summed E-state index contributed by atoms with van der Waals surface area (Å²) >= 11 is 0. The molecule has 0 aliphatic heterocycles. The lowest BCUT2D eigenvalue weighted by molar-refractivity contribution is -0.138. The first-order valence-electron chi connectivity index (χ1n) is 8.16. The van der Waals surface area contributed by atoms with Gasteiger partial charge in [-0.2, -0.15) is 0 Å². The average Bonchev–Trinajstić information content (AvgIpc) is 2.95. The fourth-order valence-corrected chi connectivity index (χ4v) is 5.27. The van der Waals surface area contributed by atoms with Crippen molar-refractivity contribution >= 4 is 11.9 Å². The molecule has 4 fully saturated rings. The Morgan fingerprint density at radius 3 is 2.33 bits per heavy atom. The molecule has 4 aliphatic carbocycles. The van der Waals surface area contributed by atoms with Crippen LogP contribution >= 0.6 is 0 Å². The molecule has 21 heavy (non-hydrogen) atoms. The Bertz CT molecular complexity index is 541. The van der Waals surface area contributed by atoms with Crippen LogP contribution in [0, 0.1) is 23.2 Å². The molecule has 0 unspecified atom stereocenters. The standard InChI is InChI=1S/C19H22O2/c20-18(6-2-1-4-17-5-3-7-21-17)19-11-14-8-15(12-19)10-16(9-14)13-19/h1-7,14-16H,8-13H2/b4-1+,6-2+. The van der Waals surface area contributed by atoms with Crippen LogP contribution in [0.2, 0.25) is 0 Å². The van der Waals surface area contributed by atoms with Gasteiger partial charge in [-0.25, -0.2) is 0 Å². The Morgan fingerprint density at radius 1 is 1.10 bits per heavy atom. The number of rotatable bonds is 4. The van der Waals surface area contributed by atoms with Gasteiger partial charge in [-0.3, -0.25) is 4.79 Å². The lowest BCUT2D eigenvalue weighted by atomic mass is 9.48. The summed E-state index contributed by atoms with van der Waals surface area (Å²) in [4.78, 5) is 12.7. The van der Waals surface area contributed by atoms with Crippen molar-refractivity contribution < 1.29 is 9.21 Å². The second kappa shape index (κ2) is 5.01. The SMILES string of the molecule is O=C(/C=C/C=C/c1ccco1)C12CC3CC(CC(C3)C1)C2. The minimum atomic E-state index is -0.0101. The third-order valence-corrected chi connectivity index (χ3v) is 5.72. The van der Waals surface area contributed by atoms with Crippen molar-refractivity contribution in [3.05, 3.63) is 42.4 Å². The Morgan fingerprint density at radius 2 is 1.76 bits per heavy atom. The molecule has 4 bridgehead atoms. The molecule has 4 aliphatic rings. The van der Waals surface area contributed by atoms with Gasteiger partial charge in [0.25, 0.3) is 0 Å². The molecule has 2 nitrogen and oxygen atoms in total. The van der Waals surface area contributed by atoms with Crippen LogP contribution in [0.1, 0.15) is 44.3 Å². The molecule has 0 atom stereocenters. The van der Waals surface area contributed by atoms with Gasteiger partial charge in [0, 0.05) is 5.41 Å². The van der Waals surface area contributed by atoms with Crippen LogP contribution in [0.25, 0.3) is 6.08 Å². The van der Waals surface area contributed by atoms with Crippen molar-refractivity contribution in [2.75, 3.05) is 0 Å². The van der Waals surface area contributed by atoms with E-state index in [-0.39, 0.29) is 5.41 Å². The molecular weight excluding hydrogens is 260 g/mol. The fourth-order valence-electron chi connectivity index (χ4n) is 5.27. The molecule has 4 saturated carbocycles. The van der Waals surface area contributed by atoms with Crippen LogP contribution < -0.4 is 0 Å². The summed E-state index contributed by atoms with van der Waals surface area (Å²) in [6, 6.07) is 3.77.